The number of nitrogens with zero attached hydrogens (tertiary/aromatic N) is 1. The first kappa shape index (κ1) is 14.4. The molecule has 1 aliphatic carbocycles. The Bertz CT molecular complexity index is 500. The van der Waals surface area contributed by atoms with Crippen LogP contribution in [0.5, 0.6) is 0 Å². The molecule has 1 spiro atoms. The second kappa shape index (κ2) is 5.66. The Kier molecular flexibility index (Phi) is 3.87. The lowest BCUT2D eigenvalue weighted by Gasteiger charge is -2.24. The van der Waals surface area contributed by atoms with Gasteiger partial charge in [-0.1, -0.05) is 30.3 Å². The number of hydrogen-bond donors (Lipinski definition) is 2. The molecule has 1 saturated heterocycles. The lowest BCUT2D eigenvalue weighted by molar-refractivity contribution is 0.00452. The number of rotatable bonds is 2. The summed E-state index contributed by atoms with van der Waals surface area (Å²) in [5.41, 5.74) is 0.922. The second-order valence-corrected chi connectivity index (χ2v) is 6.26. The van der Waals surface area contributed by atoms with Gasteiger partial charge in [0, 0.05) is 6.54 Å². The average Bonchev–Trinajstić information content (AvgIpc) is 3.25. The van der Waals surface area contributed by atoms with Gasteiger partial charge in [0.05, 0.1) is 18.8 Å². The summed E-state index contributed by atoms with van der Waals surface area (Å²) in [6.45, 7) is 0.924. The van der Waals surface area contributed by atoms with E-state index < -0.39 is 18.3 Å². The number of carbonyl (C=O) groups excluding carboxylic acids is 1. The van der Waals surface area contributed by atoms with Gasteiger partial charge in [0.15, 0.2) is 0 Å². The Labute approximate surface area is 124 Å². The minimum Gasteiger partial charge on any atom is -0.445 e. The number of amides is 1. The zero-order chi connectivity index (χ0) is 14.9. The molecule has 0 unspecified atom stereocenters. The minimum atomic E-state index is -0.894. The molecule has 5 heteroatoms. The lowest BCUT2D eigenvalue weighted by Crippen LogP contribution is -2.40. The maximum atomic E-state index is 12.2. The number of aliphatic hydroxyl groups is 2. The molecule has 114 valence electrons. The summed E-state index contributed by atoms with van der Waals surface area (Å²) in [7, 11) is 0. The maximum Gasteiger partial charge on any atom is 0.410 e. The van der Waals surface area contributed by atoms with Gasteiger partial charge in [-0.05, 0) is 30.2 Å². The van der Waals surface area contributed by atoms with Crippen LogP contribution in [0.25, 0.3) is 0 Å². The summed E-state index contributed by atoms with van der Waals surface area (Å²) in [6, 6.07) is 9.50. The van der Waals surface area contributed by atoms with Crippen molar-refractivity contribution in [3.8, 4) is 0 Å². The normalized spacial score (nSPS) is 27.2. The van der Waals surface area contributed by atoms with Crippen molar-refractivity contribution in [2.24, 2.45) is 5.41 Å². The molecule has 1 aliphatic heterocycles. The summed E-state index contributed by atoms with van der Waals surface area (Å²) in [6.07, 6.45) is 0.502. The van der Waals surface area contributed by atoms with E-state index >= 15 is 0 Å². The molecule has 1 aromatic carbocycles. The first-order chi connectivity index (χ1) is 10.1. The fourth-order valence-corrected chi connectivity index (χ4v) is 2.95. The molecule has 5 nitrogen and oxygen atoms in total. The number of ether oxygens (including phenoxy) is 1. The van der Waals surface area contributed by atoms with Crippen LogP contribution in [0, 0.1) is 5.41 Å². The van der Waals surface area contributed by atoms with Gasteiger partial charge < -0.3 is 19.8 Å². The van der Waals surface area contributed by atoms with Crippen molar-refractivity contribution in [1.82, 2.24) is 4.90 Å². The molecule has 2 atom stereocenters. The van der Waals surface area contributed by atoms with Gasteiger partial charge in [-0.2, -0.15) is 0 Å². The van der Waals surface area contributed by atoms with Gasteiger partial charge in [-0.25, -0.2) is 4.79 Å². The van der Waals surface area contributed by atoms with E-state index in [9.17, 15) is 15.0 Å². The highest BCUT2D eigenvalue weighted by atomic mass is 16.6. The highest BCUT2D eigenvalue weighted by molar-refractivity contribution is 5.68. The van der Waals surface area contributed by atoms with E-state index in [1.807, 2.05) is 30.3 Å². The lowest BCUT2D eigenvalue weighted by atomic mass is 9.98. The summed E-state index contributed by atoms with van der Waals surface area (Å²) >= 11 is 0. The molecular formula is C16H21NO4. The smallest absolute Gasteiger partial charge is 0.410 e. The number of benzene rings is 1. The third kappa shape index (κ3) is 3.36. The summed E-state index contributed by atoms with van der Waals surface area (Å²) < 4.78 is 5.32. The summed E-state index contributed by atoms with van der Waals surface area (Å²) in [4.78, 5) is 13.7. The van der Waals surface area contributed by atoms with Crippen LogP contribution < -0.4 is 0 Å². The SMILES string of the molecule is O=C(OCc1ccccc1)N1C[C@@H](O)[C@@H](O)CC2(CC2)C1. The largest absolute Gasteiger partial charge is 0.445 e. The fraction of sp³-hybridized carbons (Fsp3) is 0.562. The predicted molar refractivity (Wildman–Crippen MR) is 76.5 cm³/mol. The molecule has 0 radical (unpaired) electrons. The number of β-amino-alcohol motifs (C(OH)–C–C–N with tert-alkyl or cyclic N) is 1. The standard InChI is InChI=1S/C16H21NO4/c18-13-8-16(6-7-16)11-17(9-14(13)19)15(20)21-10-12-4-2-1-3-5-12/h1-5,13-14,18-19H,6-11H2/t13-,14+/m0/s1. The van der Waals surface area contributed by atoms with Gasteiger partial charge in [0.1, 0.15) is 6.61 Å². The quantitative estimate of drug-likeness (QED) is 0.867. The highest BCUT2D eigenvalue weighted by Gasteiger charge is 2.49. The Morgan fingerprint density at radius 3 is 2.62 bits per heavy atom. The summed E-state index contributed by atoms with van der Waals surface area (Å²) in [5, 5.41) is 19.8. The Hall–Kier alpha value is -1.59. The van der Waals surface area contributed by atoms with E-state index in [0.717, 1.165) is 18.4 Å². The molecule has 21 heavy (non-hydrogen) atoms. The van der Waals surface area contributed by atoms with Crippen molar-refractivity contribution < 1.29 is 19.7 Å². The summed E-state index contributed by atoms with van der Waals surface area (Å²) in [5.74, 6) is 0. The number of carbonyl (C=O) groups is 1. The van der Waals surface area contributed by atoms with Crippen molar-refractivity contribution in [2.45, 2.75) is 38.1 Å². The molecule has 0 aromatic heterocycles. The molecule has 2 aliphatic rings. The zero-order valence-corrected chi connectivity index (χ0v) is 11.9. The average molecular weight is 291 g/mol. The van der Waals surface area contributed by atoms with Crippen molar-refractivity contribution in [3.05, 3.63) is 35.9 Å². The van der Waals surface area contributed by atoms with Crippen LogP contribution >= 0.6 is 0 Å². The monoisotopic (exact) mass is 291 g/mol. The van der Waals surface area contributed by atoms with Crippen molar-refractivity contribution in [2.75, 3.05) is 13.1 Å². The van der Waals surface area contributed by atoms with Crippen LogP contribution in [0.1, 0.15) is 24.8 Å². The first-order valence-corrected chi connectivity index (χ1v) is 7.40. The van der Waals surface area contributed by atoms with Crippen LogP contribution in [0.3, 0.4) is 0 Å². The molecule has 3 rings (SSSR count). The zero-order valence-electron chi connectivity index (χ0n) is 11.9. The van der Waals surface area contributed by atoms with Crippen LogP contribution in [-0.2, 0) is 11.3 Å². The van der Waals surface area contributed by atoms with Gasteiger partial charge in [-0.15, -0.1) is 0 Å². The molecule has 1 aromatic rings. The third-order valence-corrected chi connectivity index (χ3v) is 4.44. The van der Waals surface area contributed by atoms with E-state index in [0.29, 0.717) is 13.0 Å². The highest BCUT2D eigenvalue weighted by Crippen LogP contribution is 2.51. The van der Waals surface area contributed by atoms with Gasteiger partial charge in [-0.3, -0.25) is 0 Å². The number of likely N-dealkylation sites (tertiary alicyclic amines) is 1. The van der Waals surface area contributed by atoms with Crippen molar-refractivity contribution in [1.29, 1.82) is 0 Å². The van der Waals surface area contributed by atoms with Gasteiger partial charge in [0.2, 0.25) is 0 Å². The van der Waals surface area contributed by atoms with Crippen LogP contribution in [0.4, 0.5) is 4.79 Å². The van der Waals surface area contributed by atoms with E-state index in [2.05, 4.69) is 0 Å². The topological polar surface area (TPSA) is 70.0 Å². The second-order valence-electron chi connectivity index (χ2n) is 6.26. The van der Waals surface area contributed by atoms with E-state index in [-0.39, 0.29) is 18.6 Å². The van der Waals surface area contributed by atoms with Crippen LogP contribution in [0.2, 0.25) is 0 Å². The maximum absolute atomic E-state index is 12.2. The fourth-order valence-electron chi connectivity index (χ4n) is 2.95. The minimum absolute atomic E-state index is 0.0112. The first-order valence-electron chi connectivity index (χ1n) is 7.40. The molecule has 1 saturated carbocycles. The van der Waals surface area contributed by atoms with Gasteiger partial charge in [0.25, 0.3) is 0 Å². The predicted octanol–water partition coefficient (Wildman–Crippen LogP) is 1.53. The Morgan fingerprint density at radius 2 is 1.95 bits per heavy atom. The number of hydrogen-bond acceptors (Lipinski definition) is 4. The van der Waals surface area contributed by atoms with Crippen molar-refractivity contribution in [3.63, 3.8) is 0 Å². The van der Waals surface area contributed by atoms with E-state index in [4.69, 9.17) is 4.74 Å². The molecule has 2 fully saturated rings. The van der Waals surface area contributed by atoms with Crippen LogP contribution in [-0.4, -0.2) is 46.5 Å². The Balaban J connectivity index is 1.60. The van der Waals surface area contributed by atoms with E-state index in [1.54, 1.807) is 0 Å². The molecular weight excluding hydrogens is 270 g/mol. The Morgan fingerprint density at radius 1 is 1.24 bits per heavy atom. The molecule has 1 amide bonds. The van der Waals surface area contributed by atoms with Crippen molar-refractivity contribution >= 4 is 6.09 Å². The molecule has 2 N–H and O–H groups in total. The van der Waals surface area contributed by atoms with Crippen LogP contribution in [0.15, 0.2) is 30.3 Å². The van der Waals surface area contributed by atoms with E-state index in [1.165, 1.54) is 4.90 Å². The molecule has 1 heterocycles. The number of aliphatic hydroxyl groups excluding tert-OH is 2. The molecule has 0 bridgehead atoms. The third-order valence-electron chi connectivity index (χ3n) is 4.44. The van der Waals surface area contributed by atoms with Gasteiger partial charge >= 0.3 is 6.09 Å².